The number of carbonyl (C=O) groups excluding carboxylic acids is 1. The zero-order valence-corrected chi connectivity index (χ0v) is 12.1. The van der Waals surface area contributed by atoms with Gasteiger partial charge in [0.2, 0.25) is 5.95 Å². The molecule has 0 aliphatic heterocycles. The summed E-state index contributed by atoms with van der Waals surface area (Å²) in [6, 6.07) is 8.93. The number of anilines is 2. The first-order valence-corrected chi connectivity index (χ1v) is 6.67. The van der Waals surface area contributed by atoms with Gasteiger partial charge in [0.1, 0.15) is 0 Å². The van der Waals surface area contributed by atoms with Gasteiger partial charge in [0.05, 0.1) is 6.61 Å². The van der Waals surface area contributed by atoms with Gasteiger partial charge in [-0.2, -0.15) is 0 Å². The number of aryl methyl sites for hydroxylation is 2. The average Bonchev–Trinajstić information content (AvgIpc) is 2.44. The van der Waals surface area contributed by atoms with E-state index in [1.54, 1.807) is 18.2 Å². The molecule has 0 unspecified atom stereocenters. The van der Waals surface area contributed by atoms with E-state index < -0.39 is 0 Å². The molecule has 0 spiro atoms. The number of carbonyl (C=O) groups is 1. The van der Waals surface area contributed by atoms with Gasteiger partial charge in [-0.25, -0.2) is 9.97 Å². The number of hydrogen-bond donors (Lipinski definition) is 3. The predicted octanol–water partition coefficient (Wildman–Crippen LogP) is 1.56. The van der Waals surface area contributed by atoms with Gasteiger partial charge in [-0.15, -0.1) is 0 Å². The molecule has 2 aromatic rings. The van der Waals surface area contributed by atoms with Crippen LogP contribution in [0.5, 0.6) is 0 Å². The molecule has 1 aromatic carbocycles. The maximum absolute atomic E-state index is 11.8. The maximum atomic E-state index is 11.8. The molecule has 0 saturated heterocycles. The second-order valence-electron chi connectivity index (χ2n) is 4.66. The minimum Gasteiger partial charge on any atom is -0.395 e. The standard InChI is InChI=1S/C15H18N4O2/c1-10-8-11(2)18-15(17-10)19-13-5-3-4-12(9-13)14(21)16-6-7-20/h3-5,8-9,20H,6-7H2,1-2H3,(H,16,21)(H,17,18,19). The molecule has 0 saturated carbocycles. The quantitative estimate of drug-likeness (QED) is 0.776. The van der Waals surface area contributed by atoms with Crippen LogP contribution in [0.15, 0.2) is 30.3 Å². The molecule has 1 amide bonds. The van der Waals surface area contributed by atoms with Crippen molar-refractivity contribution in [1.29, 1.82) is 0 Å². The lowest BCUT2D eigenvalue weighted by molar-refractivity contribution is 0.0945. The van der Waals surface area contributed by atoms with Crippen LogP contribution in [0.25, 0.3) is 0 Å². The lowest BCUT2D eigenvalue weighted by Crippen LogP contribution is -2.26. The van der Waals surface area contributed by atoms with Gasteiger partial charge in [0.15, 0.2) is 0 Å². The van der Waals surface area contributed by atoms with Crippen LogP contribution in [-0.2, 0) is 0 Å². The first-order chi connectivity index (χ1) is 10.1. The molecule has 0 radical (unpaired) electrons. The normalized spacial score (nSPS) is 10.2. The van der Waals surface area contributed by atoms with E-state index in [2.05, 4.69) is 20.6 Å². The lowest BCUT2D eigenvalue weighted by Gasteiger charge is -2.08. The van der Waals surface area contributed by atoms with Crippen molar-refractivity contribution in [1.82, 2.24) is 15.3 Å². The molecule has 3 N–H and O–H groups in total. The molecule has 0 fully saturated rings. The Labute approximate surface area is 123 Å². The first-order valence-electron chi connectivity index (χ1n) is 6.67. The smallest absolute Gasteiger partial charge is 0.251 e. The largest absolute Gasteiger partial charge is 0.395 e. The fraction of sp³-hybridized carbons (Fsp3) is 0.267. The van der Waals surface area contributed by atoms with Crippen molar-refractivity contribution in [2.75, 3.05) is 18.5 Å². The number of aliphatic hydroxyl groups is 1. The summed E-state index contributed by atoms with van der Waals surface area (Å²) in [6.45, 7) is 3.95. The minimum atomic E-state index is -0.228. The fourth-order valence-electron chi connectivity index (χ4n) is 1.92. The fourth-order valence-corrected chi connectivity index (χ4v) is 1.92. The Hall–Kier alpha value is -2.47. The Kier molecular flexibility index (Phi) is 4.84. The van der Waals surface area contributed by atoms with E-state index in [-0.39, 0.29) is 19.1 Å². The molecule has 6 heteroatoms. The van der Waals surface area contributed by atoms with E-state index in [0.717, 1.165) is 17.1 Å². The summed E-state index contributed by atoms with van der Waals surface area (Å²) in [5.41, 5.74) is 3.00. The van der Waals surface area contributed by atoms with E-state index in [9.17, 15) is 4.79 Å². The summed E-state index contributed by atoms with van der Waals surface area (Å²) in [4.78, 5) is 20.4. The summed E-state index contributed by atoms with van der Waals surface area (Å²) in [5, 5.41) is 14.4. The topological polar surface area (TPSA) is 87.1 Å². The summed E-state index contributed by atoms with van der Waals surface area (Å²) >= 11 is 0. The molecule has 6 nitrogen and oxygen atoms in total. The van der Waals surface area contributed by atoms with Gasteiger partial charge in [0.25, 0.3) is 5.91 Å². The van der Waals surface area contributed by atoms with Crippen molar-refractivity contribution < 1.29 is 9.90 Å². The van der Waals surface area contributed by atoms with Gasteiger partial charge >= 0.3 is 0 Å². The molecule has 0 aliphatic carbocycles. The summed E-state index contributed by atoms with van der Waals surface area (Å²) < 4.78 is 0. The van der Waals surface area contributed by atoms with Crippen molar-refractivity contribution in [3.05, 3.63) is 47.3 Å². The van der Waals surface area contributed by atoms with Crippen LogP contribution in [0.3, 0.4) is 0 Å². The third-order valence-corrected chi connectivity index (χ3v) is 2.76. The predicted molar refractivity (Wildman–Crippen MR) is 80.6 cm³/mol. The first kappa shape index (κ1) is 14.9. The Balaban J connectivity index is 2.15. The number of nitrogens with one attached hydrogen (secondary N) is 2. The minimum absolute atomic E-state index is 0.0832. The highest BCUT2D eigenvalue weighted by Gasteiger charge is 2.06. The maximum Gasteiger partial charge on any atom is 0.251 e. The molecule has 110 valence electrons. The summed E-state index contributed by atoms with van der Waals surface area (Å²) in [6.07, 6.45) is 0. The van der Waals surface area contributed by atoms with Crippen LogP contribution >= 0.6 is 0 Å². The van der Waals surface area contributed by atoms with Gasteiger partial charge in [-0.1, -0.05) is 6.07 Å². The van der Waals surface area contributed by atoms with E-state index in [1.165, 1.54) is 0 Å². The van der Waals surface area contributed by atoms with Gasteiger partial charge < -0.3 is 15.7 Å². The molecule has 1 heterocycles. The number of amides is 1. The Morgan fingerprint density at radius 1 is 1.19 bits per heavy atom. The molecule has 0 atom stereocenters. The van der Waals surface area contributed by atoms with Crippen molar-refractivity contribution in [2.45, 2.75) is 13.8 Å². The number of aromatic nitrogens is 2. The van der Waals surface area contributed by atoms with E-state index in [4.69, 9.17) is 5.11 Å². The SMILES string of the molecule is Cc1cc(C)nc(Nc2cccc(C(=O)NCCO)c2)n1. The third-order valence-electron chi connectivity index (χ3n) is 2.76. The van der Waals surface area contributed by atoms with Crippen LogP contribution in [0.2, 0.25) is 0 Å². The number of hydrogen-bond acceptors (Lipinski definition) is 5. The van der Waals surface area contributed by atoms with Crippen LogP contribution < -0.4 is 10.6 Å². The number of benzene rings is 1. The molecule has 0 aliphatic rings. The number of aliphatic hydroxyl groups excluding tert-OH is 1. The second kappa shape index (κ2) is 6.81. The van der Waals surface area contributed by atoms with E-state index >= 15 is 0 Å². The van der Waals surface area contributed by atoms with Crippen molar-refractivity contribution >= 4 is 17.5 Å². The van der Waals surface area contributed by atoms with Crippen molar-refractivity contribution in [2.24, 2.45) is 0 Å². The van der Waals surface area contributed by atoms with Gasteiger partial charge in [-0.3, -0.25) is 4.79 Å². The summed E-state index contributed by atoms with van der Waals surface area (Å²) in [7, 11) is 0. The highest BCUT2D eigenvalue weighted by molar-refractivity contribution is 5.95. The van der Waals surface area contributed by atoms with Gasteiger partial charge in [-0.05, 0) is 38.1 Å². The van der Waals surface area contributed by atoms with Crippen LogP contribution in [-0.4, -0.2) is 34.1 Å². The van der Waals surface area contributed by atoms with Crippen LogP contribution in [0.1, 0.15) is 21.7 Å². The highest BCUT2D eigenvalue weighted by atomic mass is 16.3. The highest BCUT2D eigenvalue weighted by Crippen LogP contribution is 2.15. The summed E-state index contributed by atoms with van der Waals surface area (Å²) in [5.74, 6) is 0.273. The molecule has 0 bridgehead atoms. The van der Waals surface area contributed by atoms with Crippen LogP contribution in [0.4, 0.5) is 11.6 Å². The lowest BCUT2D eigenvalue weighted by atomic mass is 10.2. The number of rotatable bonds is 5. The zero-order chi connectivity index (χ0) is 15.2. The van der Waals surface area contributed by atoms with Crippen molar-refractivity contribution in [3.63, 3.8) is 0 Å². The van der Waals surface area contributed by atoms with E-state index in [0.29, 0.717) is 11.5 Å². The van der Waals surface area contributed by atoms with Gasteiger partial charge in [0, 0.05) is 29.2 Å². The Morgan fingerprint density at radius 3 is 2.57 bits per heavy atom. The second-order valence-corrected chi connectivity index (χ2v) is 4.66. The Morgan fingerprint density at radius 2 is 1.90 bits per heavy atom. The van der Waals surface area contributed by atoms with E-state index in [1.807, 2.05) is 26.0 Å². The van der Waals surface area contributed by atoms with Crippen molar-refractivity contribution in [3.8, 4) is 0 Å². The number of nitrogens with zero attached hydrogens (tertiary/aromatic N) is 2. The third kappa shape index (κ3) is 4.25. The zero-order valence-electron chi connectivity index (χ0n) is 12.1. The molecular weight excluding hydrogens is 268 g/mol. The molecule has 2 rings (SSSR count). The molecule has 21 heavy (non-hydrogen) atoms. The monoisotopic (exact) mass is 286 g/mol. The molecule has 1 aromatic heterocycles. The Bertz CT molecular complexity index is 623. The molecular formula is C15H18N4O2. The van der Waals surface area contributed by atoms with Crippen LogP contribution in [0, 0.1) is 13.8 Å². The average molecular weight is 286 g/mol.